The van der Waals surface area contributed by atoms with Crippen molar-refractivity contribution in [3.8, 4) is 0 Å². The number of hydrogen-bond donors (Lipinski definition) is 1. The zero-order valence-electron chi connectivity index (χ0n) is 12.8. The first-order chi connectivity index (χ1) is 9.69. The number of aryl methyl sites for hydroxylation is 1. The highest BCUT2D eigenvalue weighted by Crippen LogP contribution is 2.06. The zero-order valence-corrected chi connectivity index (χ0v) is 12.8. The first-order valence-corrected chi connectivity index (χ1v) is 7.17. The normalized spacial score (nSPS) is 10.8. The monoisotopic (exact) mass is 282 g/mol. The molecule has 0 aliphatic rings. The van der Waals surface area contributed by atoms with Gasteiger partial charge in [0.2, 0.25) is 0 Å². The molecule has 6 heteroatoms. The lowest BCUT2D eigenvalue weighted by Crippen LogP contribution is -2.28. The lowest BCUT2D eigenvalue weighted by Gasteiger charge is -2.18. The van der Waals surface area contributed by atoms with E-state index in [1.807, 2.05) is 11.9 Å². The van der Waals surface area contributed by atoms with E-state index in [1.54, 1.807) is 19.4 Å². The van der Waals surface area contributed by atoms with Crippen LogP contribution < -0.4 is 15.8 Å². The first-order valence-electron chi connectivity index (χ1n) is 7.17. The zero-order chi connectivity index (χ0) is 14.8. The van der Waals surface area contributed by atoms with Crippen LogP contribution in [0.5, 0.6) is 0 Å². The van der Waals surface area contributed by atoms with Crippen molar-refractivity contribution in [2.24, 2.45) is 0 Å². The Hall–Kier alpha value is -1.40. The van der Waals surface area contributed by atoms with E-state index >= 15 is 0 Å². The van der Waals surface area contributed by atoms with Crippen molar-refractivity contribution in [1.82, 2.24) is 15.1 Å². The molecule has 0 unspecified atom stereocenters. The maximum Gasteiger partial charge on any atom is 0.268 e. The summed E-state index contributed by atoms with van der Waals surface area (Å²) in [7, 11) is 3.59. The Balaban J connectivity index is 2.48. The summed E-state index contributed by atoms with van der Waals surface area (Å²) in [4.78, 5) is 13.9. The number of nitrogens with one attached hydrogen (secondary N) is 1. The fraction of sp³-hybridized carbons (Fsp3) is 0.714. The van der Waals surface area contributed by atoms with Gasteiger partial charge in [-0.25, -0.2) is 4.68 Å². The molecule has 1 aromatic rings. The van der Waals surface area contributed by atoms with E-state index in [-0.39, 0.29) is 5.56 Å². The van der Waals surface area contributed by atoms with Crippen molar-refractivity contribution in [2.45, 2.75) is 26.3 Å². The van der Waals surface area contributed by atoms with Crippen LogP contribution in [0.2, 0.25) is 0 Å². The van der Waals surface area contributed by atoms with Crippen molar-refractivity contribution >= 4 is 5.69 Å². The van der Waals surface area contributed by atoms with Gasteiger partial charge in [0.25, 0.3) is 5.56 Å². The van der Waals surface area contributed by atoms with Crippen LogP contribution in [0.3, 0.4) is 0 Å². The van der Waals surface area contributed by atoms with Gasteiger partial charge in [0.1, 0.15) is 0 Å². The summed E-state index contributed by atoms with van der Waals surface area (Å²) < 4.78 is 6.54. The smallest absolute Gasteiger partial charge is 0.268 e. The Morgan fingerprint density at radius 1 is 1.45 bits per heavy atom. The molecule has 1 heterocycles. The lowest BCUT2D eigenvalue weighted by molar-refractivity contribution is 0.206. The van der Waals surface area contributed by atoms with E-state index in [4.69, 9.17) is 4.74 Å². The van der Waals surface area contributed by atoms with Crippen LogP contribution in [0.4, 0.5) is 5.69 Å². The first kappa shape index (κ1) is 16.7. The Morgan fingerprint density at radius 2 is 2.25 bits per heavy atom. The van der Waals surface area contributed by atoms with Gasteiger partial charge >= 0.3 is 0 Å². The molecule has 0 radical (unpaired) electrons. The van der Waals surface area contributed by atoms with E-state index in [2.05, 4.69) is 17.3 Å². The van der Waals surface area contributed by atoms with Crippen LogP contribution in [-0.4, -0.2) is 50.2 Å². The molecule has 1 rings (SSSR count). The highest BCUT2D eigenvalue weighted by atomic mass is 16.5. The molecule has 0 fully saturated rings. The van der Waals surface area contributed by atoms with Gasteiger partial charge in [-0.2, -0.15) is 5.10 Å². The van der Waals surface area contributed by atoms with Crippen LogP contribution in [-0.2, 0) is 11.3 Å². The summed E-state index contributed by atoms with van der Waals surface area (Å²) >= 11 is 0. The minimum Gasteiger partial charge on any atom is -0.383 e. The Bertz CT molecular complexity index is 433. The van der Waals surface area contributed by atoms with Gasteiger partial charge in [-0.3, -0.25) is 4.79 Å². The van der Waals surface area contributed by atoms with E-state index in [0.717, 1.165) is 38.2 Å². The number of rotatable bonds is 10. The average molecular weight is 282 g/mol. The Morgan fingerprint density at radius 3 is 2.90 bits per heavy atom. The summed E-state index contributed by atoms with van der Waals surface area (Å²) in [6.45, 7) is 6.09. The predicted octanol–water partition coefficient (Wildman–Crippen LogP) is 0.716. The third kappa shape index (κ3) is 5.71. The number of likely N-dealkylation sites (N-methyl/N-ethyl adjacent to an activating group) is 1. The largest absolute Gasteiger partial charge is 0.383 e. The summed E-state index contributed by atoms with van der Waals surface area (Å²) in [5, 5.41) is 7.53. The molecule has 0 spiro atoms. The van der Waals surface area contributed by atoms with Crippen molar-refractivity contribution in [1.29, 1.82) is 0 Å². The average Bonchev–Trinajstić information content (AvgIpc) is 2.46. The predicted molar refractivity (Wildman–Crippen MR) is 81.4 cm³/mol. The van der Waals surface area contributed by atoms with Crippen molar-refractivity contribution in [3.63, 3.8) is 0 Å². The Labute approximate surface area is 120 Å². The maximum atomic E-state index is 12.0. The molecule has 0 bridgehead atoms. The molecular formula is C14H26N4O2. The Kier molecular flexibility index (Phi) is 7.91. The third-order valence-electron chi connectivity index (χ3n) is 3.08. The molecule has 0 aromatic carbocycles. The van der Waals surface area contributed by atoms with Crippen LogP contribution in [0.15, 0.2) is 17.1 Å². The molecule has 0 atom stereocenters. The standard InChI is InChI=1S/C14H26N4O2/c1-4-6-15-7-5-8-18-14(19)11-13(12-16-18)17(2)9-10-20-3/h11-12,15H,4-10H2,1-3H3. The van der Waals surface area contributed by atoms with Gasteiger partial charge in [-0.15, -0.1) is 0 Å². The minimum atomic E-state index is -0.0535. The van der Waals surface area contributed by atoms with Gasteiger partial charge in [-0.05, 0) is 25.9 Å². The van der Waals surface area contributed by atoms with Gasteiger partial charge < -0.3 is 15.0 Å². The quantitative estimate of drug-likeness (QED) is 0.641. The van der Waals surface area contributed by atoms with Crippen LogP contribution >= 0.6 is 0 Å². The van der Waals surface area contributed by atoms with Crippen LogP contribution in [0.25, 0.3) is 0 Å². The van der Waals surface area contributed by atoms with Crippen molar-refractivity contribution in [3.05, 3.63) is 22.6 Å². The number of nitrogens with zero attached hydrogens (tertiary/aromatic N) is 3. The number of anilines is 1. The molecule has 0 aliphatic heterocycles. The van der Waals surface area contributed by atoms with Crippen LogP contribution in [0, 0.1) is 0 Å². The molecule has 0 saturated heterocycles. The summed E-state index contributed by atoms with van der Waals surface area (Å²) in [6.07, 6.45) is 3.77. The number of aromatic nitrogens is 2. The number of ether oxygens (including phenoxy) is 1. The van der Waals surface area contributed by atoms with E-state index in [9.17, 15) is 4.79 Å². The highest BCUT2D eigenvalue weighted by molar-refractivity contribution is 5.41. The topological polar surface area (TPSA) is 59.4 Å². The SMILES string of the molecule is CCCNCCCn1ncc(N(C)CCOC)cc1=O. The molecular weight excluding hydrogens is 256 g/mol. The minimum absolute atomic E-state index is 0.0535. The van der Waals surface area contributed by atoms with Gasteiger partial charge in [0, 0.05) is 33.3 Å². The fourth-order valence-corrected chi connectivity index (χ4v) is 1.81. The van der Waals surface area contributed by atoms with E-state index < -0.39 is 0 Å². The fourth-order valence-electron chi connectivity index (χ4n) is 1.81. The van der Waals surface area contributed by atoms with Crippen LogP contribution in [0.1, 0.15) is 19.8 Å². The van der Waals surface area contributed by atoms with E-state index in [0.29, 0.717) is 13.2 Å². The summed E-state index contributed by atoms with van der Waals surface area (Å²) in [6, 6.07) is 1.63. The van der Waals surface area contributed by atoms with Crippen molar-refractivity contribution in [2.75, 3.05) is 45.3 Å². The highest BCUT2D eigenvalue weighted by Gasteiger charge is 2.04. The summed E-state index contributed by atoms with van der Waals surface area (Å²) in [5.41, 5.74) is 0.773. The molecule has 0 saturated carbocycles. The second-order valence-corrected chi connectivity index (χ2v) is 4.79. The van der Waals surface area contributed by atoms with E-state index in [1.165, 1.54) is 4.68 Å². The molecule has 1 aromatic heterocycles. The third-order valence-corrected chi connectivity index (χ3v) is 3.08. The van der Waals surface area contributed by atoms with Crippen molar-refractivity contribution < 1.29 is 4.74 Å². The lowest BCUT2D eigenvalue weighted by atomic mass is 10.3. The van der Waals surface area contributed by atoms with Gasteiger partial charge in [-0.1, -0.05) is 6.92 Å². The number of methoxy groups -OCH3 is 1. The molecule has 0 aliphatic carbocycles. The molecule has 20 heavy (non-hydrogen) atoms. The van der Waals surface area contributed by atoms with Gasteiger partial charge in [0.05, 0.1) is 18.5 Å². The molecule has 6 nitrogen and oxygen atoms in total. The second kappa shape index (κ2) is 9.50. The summed E-state index contributed by atoms with van der Waals surface area (Å²) in [5.74, 6) is 0. The second-order valence-electron chi connectivity index (χ2n) is 4.79. The maximum absolute atomic E-state index is 12.0. The number of hydrogen-bond acceptors (Lipinski definition) is 5. The van der Waals surface area contributed by atoms with Gasteiger partial charge in [0.15, 0.2) is 0 Å². The molecule has 114 valence electrons. The molecule has 1 N–H and O–H groups in total. The molecule has 0 amide bonds.